The van der Waals surface area contributed by atoms with Crippen molar-refractivity contribution >= 4 is 43.7 Å². The number of para-hydroxylation sites is 3. The smallest absolute Gasteiger partial charge is 0.161 e. The number of fused-ring (bicyclic) bond motifs is 6. The Morgan fingerprint density at radius 3 is 2.14 bits per heavy atom. The van der Waals surface area contributed by atoms with Crippen molar-refractivity contribution in [1.29, 1.82) is 0 Å². The highest BCUT2D eigenvalue weighted by atomic mass is 16.3. The number of furan rings is 1. The summed E-state index contributed by atoms with van der Waals surface area (Å²) in [5, 5.41) is 15.5. The van der Waals surface area contributed by atoms with Crippen molar-refractivity contribution in [3.63, 3.8) is 0 Å². The maximum absolute atomic E-state index is 11.0. The highest BCUT2D eigenvalue weighted by molar-refractivity contribution is 6.20. The lowest BCUT2D eigenvalue weighted by atomic mass is 9.94. The van der Waals surface area contributed by atoms with Gasteiger partial charge in [0.25, 0.3) is 0 Å². The standard InChI is InChI=1S/C46H29N3O2/c50-40-21-10-9-18-37(40)46-48-44-36(19-11-20-39(44)49(46)34-15-5-2-6-16-34)32-26-31(29-12-3-1-4-13-29)27-33(28-32)43-45-38(24-25-47-43)42-35-17-8-7-14-30(35)22-23-41(42)51-45/h1-28,50H. The monoisotopic (exact) mass is 655 g/mol. The van der Waals surface area contributed by atoms with E-state index in [2.05, 4.69) is 120 Å². The van der Waals surface area contributed by atoms with Gasteiger partial charge in [-0.15, -0.1) is 0 Å². The molecule has 0 saturated heterocycles. The predicted molar refractivity (Wildman–Crippen MR) is 207 cm³/mol. The molecule has 0 unspecified atom stereocenters. The maximum atomic E-state index is 11.0. The van der Waals surface area contributed by atoms with Crippen LogP contribution in [0.5, 0.6) is 5.75 Å². The number of benzene rings is 7. The fraction of sp³-hybridized carbons (Fsp3) is 0. The number of phenols is 1. The average Bonchev–Trinajstić information content (AvgIpc) is 3.78. The summed E-state index contributed by atoms with van der Waals surface area (Å²) in [6.07, 6.45) is 1.88. The van der Waals surface area contributed by atoms with Gasteiger partial charge in [-0.2, -0.15) is 0 Å². The Morgan fingerprint density at radius 1 is 0.549 bits per heavy atom. The third-order valence-corrected chi connectivity index (χ3v) is 9.75. The zero-order chi connectivity index (χ0) is 33.9. The summed E-state index contributed by atoms with van der Waals surface area (Å²) in [5.74, 6) is 0.847. The molecule has 0 saturated carbocycles. The number of hydrogen-bond donors (Lipinski definition) is 1. The molecule has 10 aromatic rings. The second-order valence-corrected chi connectivity index (χ2v) is 12.8. The Balaban J connectivity index is 1.25. The molecule has 0 fully saturated rings. The number of rotatable bonds is 5. The molecule has 3 aromatic heterocycles. The van der Waals surface area contributed by atoms with Gasteiger partial charge in [0, 0.05) is 33.8 Å². The lowest BCUT2D eigenvalue weighted by Gasteiger charge is -2.12. The van der Waals surface area contributed by atoms with Gasteiger partial charge in [0.05, 0.1) is 16.6 Å². The minimum absolute atomic E-state index is 0.178. The highest BCUT2D eigenvalue weighted by Gasteiger charge is 2.21. The number of hydrogen-bond acceptors (Lipinski definition) is 4. The molecule has 0 aliphatic heterocycles. The molecule has 10 rings (SSSR count). The number of imidazole rings is 1. The van der Waals surface area contributed by atoms with Crippen molar-refractivity contribution in [1.82, 2.24) is 14.5 Å². The van der Waals surface area contributed by atoms with Crippen LogP contribution in [0.3, 0.4) is 0 Å². The van der Waals surface area contributed by atoms with Crippen LogP contribution >= 0.6 is 0 Å². The molecule has 0 radical (unpaired) electrons. The Bertz CT molecular complexity index is 2920. The molecule has 51 heavy (non-hydrogen) atoms. The van der Waals surface area contributed by atoms with E-state index in [-0.39, 0.29) is 5.75 Å². The van der Waals surface area contributed by atoms with Crippen molar-refractivity contribution in [3.8, 4) is 56.3 Å². The largest absolute Gasteiger partial charge is 0.507 e. The van der Waals surface area contributed by atoms with E-state index in [9.17, 15) is 5.11 Å². The van der Waals surface area contributed by atoms with Gasteiger partial charge in [-0.3, -0.25) is 9.55 Å². The first-order valence-corrected chi connectivity index (χ1v) is 17.0. The number of aromatic nitrogens is 3. The van der Waals surface area contributed by atoms with Crippen molar-refractivity contribution in [3.05, 3.63) is 170 Å². The Kier molecular flexibility index (Phi) is 6.58. The van der Waals surface area contributed by atoms with Crippen LogP contribution < -0.4 is 0 Å². The van der Waals surface area contributed by atoms with Crippen LogP contribution in [-0.2, 0) is 0 Å². The van der Waals surface area contributed by atoms with Crippen LogP contribution in [0.4, 0.5) is 0 Å². The molecule has 0 aliphatic rings. The number of pyridine rings is 1. The van der Waals surface area contributed by atoms with Gasteiger partial charge in [0.15, 0.2) is 5.58 Å². The number of aromatic hydroxyl groups is 1. The van der Waals surface area contributed by atoms with Gasteiger partial charge in [-0.1, -0.05) is 103 Å². The summed E-state index contributed by atoms with van der Waals surface area (Å²) >= 11 is 0. The minimum Gasteiger partial charge on any atom is -0.507 e. The second kappa shape index (κ2) is 11.6. The fourth-order valence-electron chi connectivity index (χ4n) is 7.41. The molecule has 0 aliphatic carbocycles. The van der Waals surface area contributed by atoms with Crippen LogP contribution in [0.1, 0.15) is 0 Å². The maximum Gasteiger partial charge on any atom is 0.161 e. The molecule has 0 bridgehead atoms. The summed E-state index contributed by atoms with van der Waals surface area (Å²) in [4.78, 5) is 10.2. The lowest BCUT2D eigenvalue weighted by molar-refractivity contribution is 0.477. The summed E-state index contributed by atoms with van der Waals surface area (Å²) in [6.45, 7) is 0. The van der Waals surface area contributed by atoms with E-state index in [1.54, 1.807) is 6.07 Å². The van der Waals surface area contributed by atoms with E-state index < -0.39 is 0 Å². The molecule has 7 aromatic carbocycles. The Hall–Kier alpha value is -6.98. The van der Waals surface area contributed by atoms with E-state index in [0.29, 0.717) is 11.4 Å². The first-order valence-electron chi connectivity index (χ1n) is 17.0. The summed E-state index contributed by atoms with van der Waals surface area (Å²) in [5.41, 5.74) is 10.8. The molecule has 3 heterocycles. The molecule has 0 spiro atoms. The van der Waals surface area contributed by atoms with Crippen LogP contribution in [-0.4, -0.2) is 19.6 Å². The molecular weight excluding hydrogens is 627 g/mol. The first kappa shape index (κ1) is 29.0. The molecule has 5 nitrogen and oxygen atoms in total. The van der Waals surface area contributed by atoms with Crippen molar-refractivity contribution in [2.24, 2.45) is 0 Å². The zero-order valence-corrected chi connectivity index (χ0v) is 27.4. The summed E-state index contributed by atoms with van der Waals surface area (Å²) < 4.78 is 8.76. The quantitative estimate of drug-likeness (QED) is 0.200. The van der Waals surface area contributed by atoms with Gasteiger partial charge in [0.1, 0.15) is 22.9 Å². The van der Waals surface area contributed by atoms with Crippen molar-refractivity contribution in [2.45, 2.75) is 0 Å². The molecule has 5 heteroatoms. The average molecular weight is 656 g/mol. The molecular formula is C46H29N3O2. The molecule has 240 valence electrons. The van der Waals surface area contributed by atoms with Crippen molar-refractivity contribution < 1.29 is 9.52 Å². The van der Waals surface area contributed by atoms with Gasteiger partial charge >= 0.3 is 0 Å². The molecule has 1 N–H and O–H groups in total. The van der Waals surface area contributed by atoms with Crippen LogP contribution in [0.25, 0.3) is 94.3 Å². The number of nitrogens with zero attached hydrogens (tertiary/aromatic N) is 3. The highest BCUT2D eigenvalue weighted by Crippen LogP contribution is 2.42. The SMILES string of the molecule is Oc1ccccc1-c1nc2c(-c3cc(-c4ccccc4)cc(-c4nccc5c4oc4ccc6ccccc6c45)c3)cccc2n1-c1ccccc1. The lowest BCUT2D eigenvalue weighted by Crippen LogP contribution is -1.97. The minimum atomic E-state index is 0.178. The summed E-state index contributed by atoms with van der Waals surface area (Å²) in [7, 11) is 0. The summed E-state index contributed by atoms with van der Waals surface area (Å²) in [6, 6.07) is 55.5. The third-order valence-electron chi connectivity index (χ3n) is 9.75. The predicted octanol–water partition coefficient (Wildman–Crippen LogP) is 11.8. The Labute approximate surface area is 293 Å². The normalized spacial score (nSPS) is 11.6. The number of phenolic OH excluding ortho intramolecular Hbond substituents is 1. The van der Waals surface area contributed by atoms with Gasteiger partial charge in [0.2, 0.25) is 0 Å². The Morgan fingerprint density at radius 2 is 1.27 bits per heavy atom. The topological polar surface area (TPSA) is 64.1 Å². The van der Waals surface area contributed by atoms with Gasteiger partial charge < -0.3 is 9.52 Å². The van der Waals surface area contributed by atoms with Crippen LogP contribution in [0, 0.1) is 0 Å². The second-order valence-electron chi connectivity index (χ2n) is 12.8. The molecule has 0 atom stereocenters. The van der Waals surface area contributed by atoms with E-state index >= 15 is 0 Å². The van der Waals surface area contributed by atoms with Crippen LogP contribution in [0.2, 0.25) is 0 Å². The fourth-order valence-corrected chi connectivity index (χ4v) is 7.41. The van der Waals surface area contributed by atoms with Crippen molar-refractivity contribution in [2.75, 3.05) is 0 Å². The molecule has 0 amide bonds. The third kappa shape index (κ3) is 4.71. The van der Waals surface area contributed by atoms with E-state index in [0.717, 1.165) is 77.6 Å². The van der Waals surface area contributed by atoms with Gasteiger partial charge in [-0.05, 0) is 88.1 Å². The zero-order valence-electron chi connectivity index (χ0n) is 27.4. The van der Waals surface area contributed by atoms with E-state index in [1.807, 2.05) is 48.7 Å². The van der Waals surface area contributed by atoms with E-state index in [4.69, 9.17) is 14.4 Å². The first-order chi connectivity index (χ1) is 25.2. The van der Waals surface area contributed by atoms with Crippen LogP contribution in [0.15, 0.2) is 174 Å². The van der Waals surface area contributed by atoms with E-state index in [1.165, 1.54) is 5.39 Å². The van der Waals surface area contributed by atoms with Gasteiger partial charge in [-0.25, -0.2) is 4.98 Å².